The monoisotopic (exact) mass is 246 g/mol. The van der Waals surface area contributed by atoms with Crippen molar-refractivity contribution in [3.8, 4) is 0 Å². The van der Waals surface area contributed by atoms with Crippen LogP contribution in [0, 0.1) is 0 Å². The van der Waals surface area contributed by atoms with Crippen molar-refractivity contribution in [1.82, 2.24) is 4.90 Å². The first kappa shape index (κ1) is 13.6. The van der Waals surface area contributed by atoms with Gasteiger partial charge in [-0.05, 0) is 13.3 Å². The van der Waals surface area contributed by atoms with Gasteiger partial charge in [-0.25, -0.2) is 0 Å². The lowest BCUT2D eigenvalue weighted by atomic mass is 10.4. The molecule has 0 aromatic rings. The summed E-state index contributed by atoms with van der Waals surface area (Å²) in [5.74, 6) is 1.14. The molecule has 0 spiro atoms. The van der Waals surface area contributed by atoms with Crippen LogP contribution in [-0.4, -0.2) is 60.5 Å². The van der Waals surface area contributed by atoms with E-state index in [-0.39, 0.29) is 0 Å². The third-order valence-electron chi connectivity index (χ3n) is 3.01. The minimum absolute atomic E-state index is 0.848. The van der Waals surface area contributed by atoms with E-state index < -0.39 is 8.80 Å². The van der Waals surface area contributed by atoms with Crippen LogP contribution in [0.1, 0.15) is 13.3 Å². The van der Waals surface area contributed by atoms with Crippen molar-refractivity contribution in [2.24, 2.45) is 4.99 Å². The van der Waals surface area contributed by atoms with Gasteiger partial charge in [0.05, 0.1) is 12.4 Å². The zero-order valence-electron chi connectivity index (χ0n) is 10.7. The molecule has 1 aliphatic heterocycles. The molecule has 16 heavy (non-hydrogen) atoms. The molecule has 0 atom stereocenters. The quantitative estimate of drug-likeness (QED) is 0.628. The Morgan fingerprint density at radius 1 is 1.25 bits per heavy atom. The summed E-state index contributed by atoms with van der Waals surface area (Å²) in [7, 11) is 2.59. The molecule has 6 heteroatoms. The van der Waals surface area contributed by atoms with Crippen molar-refractivity contribution in [2.45, 2.75) is 19.4 Å². The van der Waals surface area contributed by atoms with E-state index in [0.29, 0.717) is 0 Å². The average Bonchev–Trinajstić information content (AvgIpc) is 2.71. The lowest BCUT2D eigenvalue weighted by Crippen LogP contribution is -2.43. The van der Waals surface area contributed by atoms with Crippen LogP contribution in [0.2, 0.25) is 6.04 Å². The number of hydrogen-bond acceptors (Lipinski definition) is 5. The second kappa shape index (κ2) is 6.34. The van der Waals surface area contributed by atoms with E-state index in [2.05, 4.69) is 16.8 Å². The maximum Gasteiger partial charge on any atom is 0.500 e. The molecule has 0 bridgehead atoms. The predicted molar refractivity (Wildman–Crippen MR) is 65.8 cm³/mol. The van der Waals surface area contributed by atoms with Crippen molar-refractivity contribution in [2.75, 3.05) is 41.0 Å². The van der Waals surface area contributed by atoms with Gasteiger partial charge < -0.3 is 18.2 Å². The summed E-state index contributed by atoms with van der Waals surface area (Å²) >= 11 is 0. The fourth-order valence-electron chi connectivity index (χ4n) is 1.91. The molecule has 0 amide bonds. The molecule has 0 saturated carbocycles. The molecule has 0 fully saturated rings. The predicted octanol–water partition coefficient (Wildman–Crippen LogP) is 0.989. The highest BCUT2D eigenvalue weighted by Crippen LogP contribution is 2.16. The molecule has 0 N–H and O–H groups in total. The summed E-state index contributed by atoms with van der Waals surface area (Å²) in [6.07, 6.45) is 1.01. The Kier molecular flexibility index (Phi) is 5.40. The summed E-state index contributed by atoms with van der Waals surface area (Å²) in [6.45, 7) is 5.02. The second-order valence-electron chi connectivity index (χ2n) is 3.81. The number of hydrogen-bond donors (Lipinski definition) is 0. The van der Waals surface area contributed by atoms with Crippen LogP contribution in [-0.2, 0) is 13.3 Å². The van der Waals surface area contributed by atoms with Crippen LogP contribution in [0.15, 0.2) is 4.99 Å². The molecule has 0 saturated heterocycles. The lowest BCUT2D eigenvalue weighted by molar-refractivity contribution is 0.122. The first-order chi connectivity index (χ1) is 7.67. The van der Waals surface area contributed by atoms with Gasteiger partial charge in [0.1, 0.15) is 0 Å². The van der Waals surface area contributed by atoms with Crippen LogP contribution in [0.3, 0.4) is 0 Å². The highest BCUT2D eigenvalue weighted by molar-refractivity contribution is 6.60. The topological polar surface area (TPSA) is 43.3 Å². The highest BCUT2D eigenvalue weighted by atomic mass is 28.4. The molecule has 5 nitrogen and oxygen atoms in total. The van der Waals surface area contributed by atoms with Crippen molar-refractivity contribution >= 4 is 14.6 Å². The summed E-state index contributed by atoms with van der Waals surface area (Å²) in [6, 6.07) is 0.848. The molecular formula is C10H22N2O3Si. The van der Waals surface area contributed by atoms with E-state index in [4.69, 9.17) is 13.3 Å². The van der Waals surface area contributed by atoms with E-state index in [1.807, 2.05) is 0 Å². The summed E-state index contributed by atoms with van der Waals surface area (Å²) in [5.41, 5.74) is 0. The van der Waals surface area contributed by atoms with Crippen LogP contribution in [0.4, 0.5) is 0 Å². The van der Waals surface area contributed by atoms with Gasteiger partial charge in [0, 0.05) is 40.5 Å². The number of aliphatic imine (C=N–C) groups is 1. The summed E-state index contributed by atoms with van der Waals surface area (Å²) in [5, 5.41) is 0. The van der Waals surface area contributed by atoms with E-state index in [0.717, 1.165) is 37.9 Å². The third-order valence-corrected chi connectivity index (χ3v) is 5.84. The Morgan fingerprint density at radius 2 is 1.88 bits per heavy atom. The van der Waals surface area contributed by atoms with Gasteiger partial charge in [-0.15, -0.1) is 0 Å². The normalized spacial score (nSPS) is 16.8. The maximum absolute atomic E-state index is 5.37. The Morgan fingerprint density at radius 3 is 2.31 bits per heavy atom. The maximum atomic E-state index is 5.37. The lowest BCUT2D eigenvalue weighted by Gasteiger charge is -2.25. The number of amidine groups is 1. The van der Waals surface area contributed by atoms with E-state index in [1.165, 1.54) is 0 Å². The van der Waals surface area contributed by atoms with Gasteiger partial charge in [0.2, 0.25) is 0 Å². The second-order valence-corrected chi connectivity index (χ2v) is 6.91. The SMILES string of the molecule is CO[Si](CCCN1CCN=C1C)(OC)OC. The molecule has 94 valence electrons. The fraction of sp³-hybridized carbons (Fsp3) is 0.900. The zero-order valence-corrected chi connectivity index (χ0v) is 11.7. The van der Waals surface area contributed by atoms with Crippen molar-refractivity contribution in [3.05, 3.63) is 0 Å². The highest BCUT2D eigenvalue weighted by Gasteiger charge is 2.37. The average molecular weight is 246 g/mol. The molecule has 0 aliphatic carbocycles. The Bertz CT molecular complexity index is 236. The van der Waals surface area contributed by atoms with Gasteiger partial charge in [-0.2, -0.15) is 0 Å². The van der Waals surface area contributed by atoms with Crippen molar-refractivity contribution < 1.29 is 13.3 Å². The van der Waals surface area contributed by atoms with Crippen LogP contribution < -0.4 is 0 Å². The summed E-state index contributed by atoms with van der Waals surface area (Å²) < 4.78 is 16.1. The Labute approximate surface area is 98.8 Å². The zero-order chi connectivity index (χ0) is 12.0. The number of rotatable bonds is 7. The summed E-state index contributed by atoms with van der Waals surface area (Å²) in [4.78, 5) is 6.65. The minimum atomic E-state index is -2.38. The van der Waals surface area contributed by atoms with E-state index >= 15 is 0 Å². The molecule has 1 heterocycles. The van der Waals surface area contributed by atoms with E-state index in [9.17, 15) is 0 Å². The van der Waals surface area contributed by atoms with Crippen LogP contribution in [0.25, 0.3) is 0 Å². The van der Waals surface area contributed by atoms with Crippen molar-refractivity contribution in [1.29, 1.82) is 0 Å². The molecule has 0 aromatic heterocycles. The molecule has 0 aromatic carbocycles. The smallest absolute Gasteiger partial charge is 0.377 e. The van der Waals surface area contributed by atoms with Gasteiger partial charge in [-0.3, -0.25) is 4.99 Å². The molecule has 0 radical (unpaired) electrons. The number of nitrogens with zero attached hydrogens (tertiary/aromatic N) is 2. The molecule has 1 rings (SSSR count). The fourth-order valence-corrected chi connectivity index (χ4v) is 3.61. The van der Waals surface area contributed by atoms with Gasteiger partial charge in [0.15, 0.2) is 0 Å². The Hall–Kier alpha value is -0.433. The van der Waals surface area contributed by atoms with E-state index in [1.54, 1.807) is 21.3 Å². The largest absolute Gasteiger partial charge is 0.500 e. The molecule has 0 unspecified atom stereocenters. The van der Waals surface area contributed by atoms with Gasteiger partial charge in [0.25, 0.3) is 0 Å². The van der Waals surface area contributed by atoms with Crippen LogP contribution in [0.5, 0.6) is 0 Å². The Balaban J connectivity index is 2.31. The first-order valence-corrected chi connectivity index (χ1v) is 7.52. The van der Waals surface area contributed by atoms with Gasteiger partial charge in [-0.1, -0.05) is 0 Å². The first-order valence-electron chi connectivity index (χ1n) is 5.59. The molecular weight excluding hydrogens is 224 g/mol. The molecule has 1 aliphatic rings. The minimum Gasteiger partial charge on any atom is -0.377 e. The van der Waals surface area contributed by atoms with Gasteiger partial charge >= 0.3 is 8.80 Å². The van der Waals surface area contributed by atoms with Crippen LogP contribution >= 0.6 is 0 Å². The standard InChI is InChI=1S/C10H22N2O3Si/c1-10-11-6-8-12(10)7-5-9-16(13-2,14-3)15-4/h5-9H2,1-4H3. The third kappa shape index (κ3) is 3.28. The van der Waals surface area contributed by atoms with Crippen molar-refractivity contribution in [3.63, 3.8) is 0 Å².